The van der Waals surface area contributed by atoms with E-state index in [9.17, 15) is 0 Å². The van der Waals surface area contributed by atoms with Gasteiger partial charge in [-0.25, -0.2) is 5.01 Å². The van der Waals surface area contributed by atoms with Gasteiger partial charge in [0.05, 0.1) is 32.6 Å². The minimum atomic E-state index is -0.366. The molecule has 0 aliphatic carbocycles. The first-order chi connectivity index (χ1) is 15.7. The lowest BCUT2D eigenvalue weighted by molar-refractivity contribution is -0.0209. The molecule has 2 aliphatic rings. The van der Waals surface area contributed by atoms with Gasteiger partial charge in [-0.3, -0.25) is 0 Å². The quantitative estimate of drug-likeness (QED) is 0.528. The predicted octanol–water partition coefficient (Wildman–Crippen LogP) is 5.34. The summed E-state index contributed by atoms with van der Waals surface area (Å²) in [6.07, 6.45) is 0.416. The van der Waals surface area contributed by atoms with Crippen LogP contribution in [0.15, 0.2) is 71.8 Å². The average molecular weight is 431 g/mol. The molecule has 0 unspecified atom stereocenters. The summed E-state index contributed by atoms with van der Waals surface area (Å²) in [5.41, 5.74) is 4.19. The van der Waals surface area contributed by atoms with E-state index in [1.54, 1.807) is 14.2 Å². The lowest BCUT2D eigenvalue weighted by atomic mass is 9.95. The first-order valence-electron chi connectivity index (χ1n) is 10.8. The molecule has 5 rings (SSSR count). The molecule has 32 heavy (non-hydrogen) atoms. The van der Waals surface area contributed by atoms with Crippen molar-refractivity contribution in [2.24, 2.45) is 5.10 Å². The van der Waals surface area contributed by atoms with Crippen LogP contribution in [-0.4, -0.2) is 31.5 Å². The minimum Gasteiger partial charge on any atom is -0.497 e. The third-order valence-electron chi connectivity index (χ3n) is 5.90. The van der Waals surface area contributed by atoms with Gasteiger partial charge in [0.15, 0.2) is 11.5 Å². The lowest BCUT2D eigenvalue weighted by Crippen LogP contribution is -2.33. The molecular formula is C26H26N2O4. The predicted molar refractivity (Wildman–Crippen MR) is 123 cm³/mol. The molecule has 3 aromatic carbocycles. The molecule has 164 valence electrons. The Bertz CT molecular complexity index is 1130. The Morgan fingerprint density at radius 2 is 1.69 bits per heavy atom. The van der Waals surface area contributed by atoms with Crippen LogP contribution >= 0.6 is 0 Å². The molecule has 0 N–H and O–H groups in total. The zero-order chi connectivity index (χ0) is 22.1. The number of hydrogen-bond acceptors (Lipinski definition) is 6. The molecule has 0 fully saturated rings. The largest absolute Gasteiger partial charge is 0.497 e. The first-order valence-corrected chi connectivity index (χ1v) is 10.8. The summed E-state index contributed by atoms with van der Waals surface area (Å²) in [4.78, 5) is 0. The molecule has 0 bridgehead atoms. The van der Waals surface area contributed by atoms with Crippen LogP contribution in [0.5, 0.6) is 23.0 Å². The van der Waals surface area contributed by atoms with Crippen LogP contribution in [-0.2, 0) is 0 Å². The monoisotopic (exact) mass is 430 g/mol. The number of hydrogen-bond donors (Lipinski definition) is 0. The SMILES string of the molecule is CCOc1ccc([C@@H]2Oc3c(OC)cccc3[C@H]3CC(c4ccc(OC)cc4)=NN32)cc1. The van der Waals surface area contributed by atoms with Crippen molar-refractivity contribution in [1.29, 1.82) is 0 Å². The molecular weight excluding hydrogens is 404 g/mol. The fourth-order valence-corrected chi connectivity index (χ4v) is 4.32. The molecule has 0 saturated heterocycles. The van der Waals surface area contributed by atoms with Crippen molar-refractivity contribution in [3.63, 3.8) is 0 Å². The summed E-state index contributed by atoms with van der Waals surface area (Å²) < 4.78 is 23.0. The van der Waals surface area contributed by atoms with Crippen molar-refractivity contribution >= 4 is 5.71 Å². The fraction of sp³-hybridized carbons (Fsp3) is 0.269. The second-order valence-corrected chi connectivity index (χ2v) is 7.73. The highest BCUT2D eigenvalue weighted by Crippen LogP contribution is 2.50. The van der Waals surface area contributed by atoms with Gasteiger partial charge in [0.2, 0.25) is 6.23 Å². The third kappa shape index (κ3) is 3.51. The highest BCUT2D eigenvalue weighted by Gasteiger charge is 2.42. The van der Waals surface area contributed by atoms with Gasteiger partial charge in [-0.2, -0.15) is 5.10 Å². The second-order valence-electron chi connectivity index (χ2n) is 7.73. The molecule has 0 radical (unpaired) electrons. The van der Waals surface area contributed by atoms with Crippen LogP contribution in [0, 0.1) is 0 Å². The van der Waals surface area contributed by atoms with E-state index in [0.717, 1.165) is 51.8 Å². The van der Waals surface area contributed by atoms with Gasteiger partial charge >= 0.3 is 0 Å². The molecule has 3 aromatic rings. The number of nitrogens with zero attached hydrogens (tertiary/aromatic N) is 2. The molecule has 6 heteroatoms. The standard InChI is InChI=1S/C26H26N2O4/c1-4-31-20-14-10-18(11-15-20)26-28-23(21-6-5-7-24(30-3)25(21)32-26)16-22(27-28)17-8-12-19(29-2)13-9-17/h5-15,23,26H,4,16H2,1-3H3/t23-,26+/m1/s1. The Balaban J connectivity index is 1.55. The number of rotatable bonds is 6. The number of para-hydroxylation sites is 1. The zero-order valence-corrected chi connectivity index (χ0v) is 18.4. The van der Waals surface area contributed by atoms with Gasteiger partial charge in [0.1, 0.15) is 11.5 Å². The summed E-state index contributed by atoms with van der Waals surface area (Å²) in [6, 6.07) is 22.1. The molecule has 0 saturated carbocycles. The number of benzene rings is 3. The number of fused-ring (bicyclic) bond motifs is 3. The summed E-state index contributed by atoms with van der Waals surface area (Å²) >= 11 is 0. The van der Waals surface area contributed by atoms with Crippen LogP contribution in [0.1, 0.15) is 42.3 Å². The molecule has 0 spiro atoms. The Kier molecular flexibility index (Phi) is 5.35. The van der Waals surface area contributed by atoms with Crippen LogP contribution in [0.2, 0.25) is 0 Å². The van der Waals surface area contributed by atoms with E-state index in [4.69, 9.17) is 24.0 Å². The van der Waals surface area contributed by atoms with Crippen LogP contribution in [0.4, 0.5) is 0 Å². The minimum absolute atomic E-state index is 0.0579. The highest BCUT2D eigenvalue weighted by atomic mass is 16.5. The maximum Gasteiger partial charge on any atom is 0.214 e. The van der Waals surface area contributed by atoms with Crippen molar-refractivity contribution in [2.75, 3.05) is 20.8 Å². The molecule has 2 atom stereocenters. The molecule has 2 heterocycles. The summed E-state index contributed by atoms with van der Waals surface area (Å²) in [5.74, 6) is 3.18. The highest BCUT2D eigenvalue weighted by molar-refractivity contribution is 6.02. The maximum atomic E-state index is 6.51. The first kappa shape index (κ1) is 20.2. The van der Waals surface area contributed by atoms with Gasteiger partial charge in [-0.1, -0.05) is 12.1 Å². The van der Waals surface area contributed by atoms with Crippen molar-refractivity contribution in [3.8, 4) is 23.0 Å². The zero-order valence-electron chi connectivity index (χ0n) is 18.4. The van der Waals surface area contributed by atoms with Gasteiger partial charge in [0.25, 0.3) is 0 Å². The molecule has 6 nitrogen and oxygen atoms in total. The van der Waals surface area contributed by atoms with Gasteiger partial charge < -0.3 is 18.9 Å². The van der Waals surface area contributed by atoms with Crippen molar-refractivity contribution in [3.05, 3.63) is 83.4 Å². The lowest BCUT2D eigenvalue weighted by Gasteiger charge is -2.38. The van der Waals surface area contributed by atoms with E-state index in [2.05, 4.69) is 23.2 Å². The van der Waals surface area contributed by atoms with Crippen LogP contribution in [0.25, 0.3) is 0 Å². The van der Waals surface area contributed by atoms with Crippen molar-refractivity contribution < 1.29 is 18.9 Å². The van der Waals surface area contributed by atoms with E-state index < -0.39 is 0 Å². The van der Waals surface area contributed by atoms with E-state index in [-0.39, 0.29) is 12.3 Å². The molecule has 0 aromatic heterocycles. The van der Waals surface area contributed by atoms with E-state index in [1.165, 1.54) is 0 Å². The van der Waals surface area contributed by atoms with Crippen LogP contribution < -0.4 is 18.9 Å². The molecule has 2 aliphatic heterocycles. The molecule has 0 amide bonds. The topological polar surface area (TPSA) is 52.5 Å². The summed E-state index contributed by atoms with van der Waals surface area (Å²) in [7, 11) is 3.34. The van der Waals surface area contributed by atoms with Crippen LogP contribution in [0.3, 0.4) is 0 Å². The van der Waals surface area contributed by atoms with Gasteiger partial charge in [0, 0.05) is 17.5 Å². The maximum absolute atomic E-state index is 6.51. The summed E-state index contributed by atoms with van der Waals surface area (Å²) in [5, 5.41) is 7.09. The van der Waals surface area contributed by atoms with Crippen molar-refractivity contribution in [1.82, 2.24) is 5.01 Å². The second kappa shape index (κ2) is 8.46. The van der Waals surface area contributed by atoms with Gasteiger partial charge in [-0.05, 0) is 67.1 Å². The van der Waals surface area contributed by atoms with Crippen molar-refractivity contribution in [2.45, 2.75) is 25.6 Å². The number of hydrazone groups is 1. The Morgan fingerprint density at radius 3 is 2.38 bits per heavy atom. The fourth-order valence-electron chi connectivity index (χ4n) is 4.32. The Hall–Kier alpha value is -3.67. The Labute approximate surface area is 188 Å². The van der Waals surface area contributed by atoms with E-state index in [0.29, 0.717) is 6.61 Å². The number of methoxy groups -OCH3 is 2. The van der Waals surface area contributed by atoms with Gasteiger partial charge in [-0.15, -0.1) is 0 Å². The Morgan fingerprint density at radius 1 is 0.938 bits per heavy atom. The van der Waals surface area contributed by atoms with E-state index >= 15 is 0 Å². The summed E-state index contributed by atoms with van der Waals surface area (Å²) in [6.45, 7) is 2.61. The smallest absolute Gasteiger partial charge is 0.214 e. The third-order valence-corrected chi connectivity index (χ3v) is 5.90. The van der Waals surface area contributed by atoms with E-state index in [1.807, 2.05) is 55.5 Å². The number of ether oxygens (including phenoxy) is 4. The average Bonchev–Trinajstić information content (AvgIpc) is 3.30. The normalized spacial score (nSPS) is 18.8.